The monoisotopic (exact) mass is 307 g/mol. The van der Waals surface area contributed by atoms with Gasteiger partial charge in [0, 0.05) is 37.8 Å². The third kappa shape index (κ3) is 4.75. The lowest BCUT2D eigenvalue weighted by Gasteiger charge is -2.14. The largest absolute Gasteiger partial charge is 0.354 e. The summed E-state index contributed by atoms with van der Waals surface area (Å²) in [5, 5.41) is 12.5. The van der Waals surface area contributed by atoms with Crippen LogP contribution in [0.5, 0.6) is 0 Å². The van der Waals surface area contributed by atoms with Gasteiger partial charge in [0.1, 0.15) is 0 Å². The van der Waals surface area contributed by atoms with Crippen LogP contribution in [0.1, 0.15) is 44.2 Å². The number of nitrogens with one attached hydrogen (secondary N) is 3. The molecule has 0 radical (unpaired) electrons. The molecule has 0 saturated heterocycles. The summed E-state index contributed by atoms with van der Waals surface area (Å²) in [6.45, 7) is 2.78. The number of carbonyl (C=O) groups excluding carboxylic acids is 2. The van der Waals surface area contributed by atoms with Crippen LogP contribution in [0.2, 0.25) is 0 Å². The second-order valence-corrected chi connectivity index (χ2v) is 5.84. The van der Waals surface area contributed by atoms with Crippen molar-refractivity contribution in [1.82, 2.24) is 25.7 Å². The zero-order chi connectivity index (χ0) is 15.9. The quantitative estimate of drug-likeness (QED) is 0.687. The third-order valence-corrected chi connectivity index (χ3v) is 4.01. The number of nitrogens with zero attached hydrogens (tertiary/aromatic N) is 2. The molecule has 7 nitrogen and oxygen atoms in total. The van der Waals surface area contributed by atoms with Crippen LogP contribution in [-0.4, -0.2) is 34.8 Å². The summed E-state index contributed by atoms with van der Waals surface area (Å²) in [5.41, 5.74) is 0.951. The first kappa shape index (κ1) is 16.3. The van der Waals surface area contributed by atoms with Gasteiger partial charge in [-0.2, -0.15) is 5.10 Å². The molecule has 0 spiro atoms. The summed E-state index contributed by atoms with van der Waals surface area (Å²) in [5.74, 6) is 0.280. The van der Waals surface area contributed by atoms with Crippen LogP contribution in [0.3, 0.4) is 0 Å². The molecular weight excluding hydrogens is 282 g/mol. The van der Waals surface area contributed by atoms with E-state index < -0.39 is 0 Å². The van der Waals surface area contributed by atoms with Crippen molar-refractivity contribution >= 4 is 11.9 Å². The second kappa shape index (κ2) is 7.82. The molecule has 1 heterocycles. The average molecular weight is 307 g/mol. The fourth-order valence-corrected chi connectivity index (χ4v) is 2.69. The molecule has 2 rings (SSSR count). The Bertz CT molecular complexity index is 508. The standard InChI is InChI=1S/C15H25N5O2/c1-11(13-9-18-20(2)10-13)19-15(22)17-8-7-16-14(21)12-5-3-4-6-12/h9-12H,3-8H2,1-2H3,(H,16,21)(H2,17,19,22). The lowest BCUT2D eigenvalue weighted by atomic mass is 10.1. The Hall–Kier alpha value is -2.05. The first-order chi connectivity index (χ1) is 10.6. The molecule has 1 aromatic heterocycles. The Balaban J connectivity index is 1.60. The molecule has 0 bridgehead atoms. The lowest BCUT2D eigenvalue weighted by Crippen LogP contribution is -2.41. The molecule has 1 atom stereocenters. The molecule has 1 aliphatic rings. The fraction of sp³-hybridized carbons (Fsp3) is 0.667. The molecule has 0 aromatic carbocycles. The van der Waals surface area contributed by atoms with Gasteiger partial charge in [0.15, 0.2) is 0 Å². The van der Waals surface area contributed by atoms with Crippen LogP contribution in [0.25, 0.3) is 0 Å². The number of hydrogen-bond donors (Lipinski definition) is 3. The van der Waals surface area contributed by atoms with Gasteiger partial charge in [0.25, 0.3) is 0 Å². The van der Waals surface area contributed by atoms with Crippen LogP contribution in [0, 0.1) is 5.92 Å². The zero-order valence-electron chi connectivity index (χ0n) is 13.3. The van der Waals surface area contributed by atoms with Gasteiger partial charge in [0.05, 0.1) is 12.2 Å². The normalized spacial score (nSPS) is 16.3. The van der Waals surface area contributed by atoms with Crippen molar-refractivity contribution in [3.05, 3.63) is 18.0 Å². The predicted molar refractivity (Wildman–Crippen MR) is 83.1 cm³/mol. The van der Waals surface area contributed by atoms with Gasteiger partial charge in [-0.15, -0.1) is 0 Å². The number of rotatable bonds is 6. The molecule has 1 unspecified atom stereocenters. The maximum Gasteiger partial charge on any atom is 0.315 e. The Labute approximate surface area is 130 Å². The summed E-state index contributed by atoms with van der Waals surface area (Å²) in [4.78, 5) is 23.6. The van der Waals surface area contributed by atoms with Gasteiger partial charge < -0.3 is 16.0 Å². The first-order valence-electron chi connectivity index (χ1n) is 7.87. The van der Waals surface area contributed by atoms with Crippen LogP contribution in [0.4, 0.5) is 4.79 Å². The van der Waals surface area contributed by atoms with Crippen LogP contribution < -0.4 is 16.0 Å². The van der Waals surface area contributed by atoms with E-state index in [0.29, 0.717) is 13.1 Å². The van der Waals surface area contributed by atoms with E-state index in [0.717, 1.165) is 31.2 Å². The van der Waals surface area contributed by atoms with E-state index in [4.69, 9.17) is 0 Å². The van der Waals surface area contributed by atoms with E-state index in [-0.39, 0.29) is 23.9 Å². The molecule has 7 heteroatoms. The molecule has 3 N–H and O–H groups in total. The molecule has 1 aliphatic carbocycles. The van der Waals surface area contributed by atoms with Crippen LogP contribution in [0.15, 0.2) is 12.4 Å². The SMILES string of the molecule is CC(NC(=O)NCCNC(=O)C1CCCC1)c1cnn(C)c1. The van der Waals surface area contributed by atoms with E-state index in [2.05, 4.69) is 21.0 Å². The smallest absolute Gasteiger partial charge is 0.315 e. The molecule has 0 aliphatic heterocycles. The van der Waals surface area contributed by atoms with Gasteiger partial charge in [-0.3, -0.25) is 9.48 Å². The molecule has 122 valence electrons. The van der Waals surface area contributed by atoms with Crippen molar-refractivity contribution in [1.29, 1.82) is 0 Å². The van der Waals surface area contributed by atoms with Gasteiger partial charge in [-0.1, -0.05) is 12.8 Å². The fourth-order valence-electron chi connectivity index (χ4n) is 2.69. The molecule has 1 fully saturated rings. The number of hydrogen-bond acceptors (Lipinski definition) is 3. The van der Waals surface area contributed by atoms with Gasteiger partial charge in [0.2, 0.25) is 5.91 Å². The Morgan fingerprint density at radius 2 is 2.00 bits per heavy atom. The molecule has 1 aromatic rings. The highest BCUT2D eigenvalue weighted by Gasteiger charge is 2.21. The van der Waals surface area contributed by atoms with E-state index in [9.17, 15) is 9.59 Å². The highest BCUT2D eigenvalue weighted by molar-refractivity contribution is 5.79. The van der Waals surface area contributed by atoms with Gasteiger partial charge in [-0.05, 0) is 19.8 Å². The third-order valence-electron chi connectivity index (χ3n) is 4.01. The minimum absolute atomic E-state index is 0.109. The molecule has 1 saturated carbocycles. The maximum absolute atomic E-state index is 11.8. The van der Waals surface area contributed by atoms with E-state index in [1.54, 1.807) is 10.9 Å². The molecule has 22 heavy (non-hydrogen) atoms. The predicted octanol–water partition coefficient (Wildman–Crippen LogP) is 1.09. The minimum atomic E-state index is -0.244. The highest BCUT2D eigenvalue weighted by atomic mass is 16.2. The Morgan fingerprint density at radius 1 is 1.32 bits per heavy atom. The number of aromatic nitrogens is 2. The zero-order valence-corrected chi connectivity index (χ0v) is 13.3. The summed E-state index contributed by atoms with van der Waals surface area (Å²) < 4.78 is 1.70. The summed E-state index contributed by atoms with van der Waals surface area (Å²) in [6.07, 6.45) is 7.86. The number of urea groups is 1. The van der Waals surface area contributed by atoms with Crippen molar-refractivity contribution in [2.24, 2.45) is 13.0 Å². The van der Waals surface area contributed by atoms with Crippen molar-refractivity contribution in [3.8, 4) is 0 Å². The molecular formula is C15H25N5O2. The first-order valence-corrected chi connectivity index (χ1v) is 7.87. The number of amides is 3. The second-order valence-electron chi connectivity index (χ2n) is 5.84. The minimum Gasteiger partial charge on any atom is -0.354 e. The van der Waals surface area contributed by atoms with E-state index in [1.807, 2.05) is 20.2 Å². The maximum atomic E-state index is 11.8. The van der Waals surface area contributed by atoms with Crippen molar-refractivity contribution < 1.29 is 9.59 Å². The van der Waals surface area contributed by atoms with Crippen LogP contribution >= 0.6 is 0 Å². The molecule has 3 amide bonds. The Kier molecular flexibility index (Phi) is 5.80. The number of carbonyl (C=O) groups is 2. The van der Waals surface area contributed by atoms with E-state index in [1.165, 1.54) is 0 Å². The van der Waals surface area contributed by atoms with Gasteiger partial charge >= 0.3 is 6.03 Å². The number of aryl methyl sites for hydroxylation is 1. The summed E-state index contributed by atoms with van der Waals surface area (Å²) in [7, 11) is 1.84. The van der Waals surface area contributed by atoms with Crippen molar-refractivity contribution in [2.75, 3.05) is 13.1 Å². The highest BCUT2D eigenvalue weighted by Crippen LogP contribution is 2.24. The van der Waals surface area contributed by atoms with Crippen LogP contribution in [-0.2, 0) is 11.8 Å². The average Bonchev–Trinajstić information content (AvgIpc) is 3.14. The topological polar surface area (TPSA) is 88.1 Å². The van der Waals surface area contributed by atoms with Gasteiger partial charge in [-0.25, -0.2) is 4.79 Å². The summed E-state index contributed by atoms with van der Waals surface area (Å²) in [6, 6.07) is -0.353. The summed E-state index contributed by atoms with van der Waals surface area (Å²) >= 11 is 0. The Morgan fingerprint density at radius 3 is 2.64 bits per heavy atom. The van der Waals surface area contributed by atoms with Crippen molar-refractivity contribution in [3.63, 3.8) is 0 Å². The van der Waals surface area contributed by atoms with Crippen molar-refractivity contribution in [2.45, 2.75) is 38.6 Å². The van der Waals surface area contributed by atoms with E-state index >= 15 is 0 Å². The lowest BCUT2D eigenvalue weighted by molar-refractivity contribution is -0.124.